The number of amides is 2. The van der Waals surface area contributed by atoms with Gasteiger partial charge in [0.15, 0.2) is 0 Å². The average molecular weight is 601 g/mol. The van der Waals surface area contributed by atoms with Crippen LogP contribution in [0.3, 0.4) is 0 Å². The van der Waals surface area contributed by atoms with Crippen molar-refractivity contribution in [1.82, 2.24) is 10.2 Å². The molecule has 3 aromatic rings. The smallest absolute Gasteiger partial charge is 0.264 e. The van der Waals surface area contributed by atoms with E-state index in [1.54, 1.807) is 43.3 Å². The number of anilines is 1. The second-order valence-corrected chi connectivity index (χ2v) is 12.1. The molecule has 0 bridgehead atoms. The number of nitrogens with one attached hydrogen (secondary N) is 1. The molecule has 3 aromatic carbocycles. The molecule has 0 aliphatic rings. The summed E-state index contributed by atoms with van der Waals surface area (Å²) in [4.78, 5) is 28.3. The van der Waals surface area contributed by atoms with Crippen molar-refractivity contribution in [3.05, 3.63) is 94.0 Å². The number of sulfonamides is 1. The monoisotopic (exact) mass is 599 g/mol. The number of aryl methyl sites for hydroxylation is 2. The van der Waals surface area contributed by atoms with E-state index in [1.807, 2.05) is 45.0 Å². The number of carbonyl (C=O) groups is 2. The van der Waals surface area contributed by atoms with Crippen LogP contribution in [0.4, 0.5) is 5.69 Å². The normalized spacial score (nSPS) is 12.0. The number of benzene rings is 3. The molecule has 0 spiro atoms. The van der Waals surface area contributed by atoms with Gasteiger partial charge in [0.1, 0.15) is 12.6 Å². The van der Waals surface area contributed by atoms with Gasteiger partial charge in [-0.3, -0.25) is 13.9 Å². The second-order valence-electron chi connectivity index (χ2n) is 9.28. The van der Waals surface area contributed by atoms with E-state index in [0.717, 1.165) is 31.9 Å². The van der Waals surface area contributed by atoms with Crippen molar-refractivity contribution in [2.45, 2.75) is 51.6 Å². The van der Waals surface area contributed by atoms with E-state index in [9.17, 15) is 18.0 Å². The molecule has 0 aliphatic carbocycles. The minimum atomic E-state index is -4.08. The molecule has 0 heterocycles. The topological polar surface area (TPSA) is 86.8 Å². The van der Waals surface area contributed by atoms with E-state index >= 15 is 0 Å². The van der Waals surface area contributed by atoms with Gasteiger partial charge < -0.3 is 10.2 Å². The lowest BCUT2D eigenvalue weighted by atomic mass is 10.1. The van der Waals surface area contributed by atoms with Crippen molar-refractivity contribution in [3.63, 3.8) is 0 Å². The molecule has 0 saturated heterocycles. The first-order valence-corrected chi connectivity index (χ1v) is 14.7. The van der Waals surface area contributed by atoms with Gasteiger partial charge in [-0.25, -0.2) is 8.42 Å². The highest BCUT2D eigenvalue weighted by Gasteiger charge is 2.32. The number of carbonyl (C=O) groups excluding carboxylic acids is 2. The highest BCUT2D eigenvalue weighted by Crippen LogP contribution is 2.26. The van der Waals surface area contributed by atoms with Crippen LogP contribution in [0, 0.1) is 13.8 Å². The first kappa shape index (κ1) is 29.4. The van der Waals surface area contributed by atoms with Crippen molar-refractivity contribution in [2.24, 2.45) is 0 Å². The predicted octanol–water partition coefficient (Wildman–Crippen LogP) is 5.20. The van der Waals surface area contributed by atoms with Crippen LogP contribution in [-0.2, 0) is 26.2 Å². The molecule has 202 valence electrons. The zero-order valence-electron chi connectivity index (χ0n) is 22.1. The lowest BCUT2D eigenvalue weighted by Crippen LogP contribution is -2.51. The average Bonchev–Trinajstić information content (AvgIpc) is 2.90. The maximum atomic E-state index is 13.8. The van der Waals surface area contributed by atoms with Crippen LogP contribution in [0.2, 0.25) is 0 Å². The Hall–Kier alpha value is -3.17. The summed E-state index contributed by atoms with van der Waals surface area (Å²) in [5, 5.41) is 2.85. The van der Waals surface area contributed by atoms with Crippen molar-refractivity contribution in [2.75, 3.05) is 17.4 Å². The second kappa shape index (κ2) is 13.1. The quantitative estimate of drug-likeness (QED) is 0.328. The Bertz CT molecular complexity index is 1340. The van der Waals surface area contributed by atoms with Gasteiger partial charge in [-0.15, -0.1) is 0 Å². The van der Waals surface area contributed by atoms with Gasteiger partial charge in [0, 0.05) is 17.6 Å². The van der Waals surface area contributed by atoms with Crippen molar-refractivity contribution >= 4 is 43.5 Å². The molecule has 0 aromatic heterocycles. The first-order valence-electron chi connectivity index (χ1n) is 12.5. The van der Waals surface area contributed by atoms with E-state index in [2.05, 4.69) is 21.2 Å². The Morgan fingerprint density at radius 3 is 2.00 bits per heavy atom. The lowest BCUT2D eigenvalue weighted by molar-refractivity contribution is -0.139. The Morgan fingerprint density at radius 2 is 1.45 bits per heavy atom. The molecule has 1 N–H and O–H groups in total. The number of rotatable bonds is 11. The molecule has 3 rings (SSSR count). The fourth-order valence-electron chi connectivity index (χ4n) is 3.84. The van der Waals surface area contributed by atoms with Crippen molar-refractivity contribution in [1.29, 1.82) is 0 Å². The molecular formula is C29H34BrN3O4S. The molecule has 0 radical (unpaired) electrons. The summed E-state index contributed by atoms with van der Waals surface area (Å²) < 4.78 is 29.5. The summed E-state index contributed by atoms with van der Waals surface area (Å²) in [6, 6.07) is 20.1. The number of nitrogens with zero attached hydrogens (tertiary/aromatic N) is 2. The third-order valence-corrected chi connectivity index (χ3v) is 8.51. The van der Waals surface area contributed by atoms with Crippen LogP contribution >= 0.6 is 15.9 Å². The number of hydrogen-bond donors (Lipinski definition) is 1. The van der Waals surface area contributed by atoms with Gasteiger partial charge in [-0.05, 0) is 69.2 Å². The Labute approximate surface area is 234 Å². The summed E-state index contributed by atoms with van der Waals surface area (Å²) in [5.41, 5.74) is 3.19. The molecule has 38 heavy (non-hydrogen) atoms. The largest absolute Gasteiger partial charge is 0.354 e. The van der Waals surface area contributed by atoms with Crippen molar-refractivity contribution < 1.29 is 18.0 Å². The van der Waals surface area contributed by atoms with Gasteiger partial charge in [0.25, 0.3) is 10.0 Å². The molecular weight excluding hydrogens is 566 g/mol. The predicted molar refractivity (Wildman–Crippen MR) is 154 cm³/mol. The van der Waals surface area contributed by atoms with E-state index in [4.69, 9.17) is 0 Å². The first-order chi connectivity index (χ1) is 18.0. The van der Waals surface area contributed by atoms with E-state index < -0.39 is 28.5 Å². The molecule has 2 amide bonds. The fourth-order valence-corrected chi connectivity index (χ4v) is 5.52. The fraction of sp³-hybridized carbons (Fsp3) is 0.310. The Kier molecular flexibility index (Phi) is 10.1. The van der Waals surface area contributed by atoms with Crippen LogP contribution in [0.15, 0.2) is 82.2 Å². The third kappa shape index (κ3) is 7.45. The molecule has 0 aliphatic heterocycles. The zero-order chi connectivity index (χ0) is 27.9. The van der Waals surface area contributed by atoms with Crippen LogP contribution in [0.25, 0.3) is 0 Å². The summed E-state index contributed by atoms with van der Waals surface area (Å²) in [7, 11) is -4.08. The van der Waals surface area contributed by atoms with Gasteiger partial charge in [-0.2, -0.15) is 0 Å². The maximum Gasteiger partial charge on any atom is 0.264 e. The summed E-state index contributed by atoms with van der Waals surface area (Å²) >= 11 is 3.38. The molecule has 0 unspecified atom stereocenters. The van der Waals surface area contributed by atoms with E-state index in [1.165, 1.54) is 17.0 Å². The number of hydrogen-bond acceptors (Lipinski definition) is 4. The SMILES string of the molecule is CCCNC(=O)[C@@H](C)N(Cc1ccc(C)cc1)C(=O)CN(c1ccc(Br)cc1)S(=O)(=O)c1ccc(C)cc1. The summed E-state index contributed by atoms with van der Waals surface area (Å²) in [6.07, 6.45) is 0.760. The molecule has 7 nitrogen and oxygen atoms in total. The zero-order valence-corrected chi connectivity index (χ0v) is 24.6. The highest BCUT2D eigenvalue weighted by atomic mass is 79.9. The van der Waals surface area contributed by atoms with E-state index in [-0.39, 0.29) is 17.3 Å². The van der Waals surface area contributed by atoms with Crippen LogP contribution in [0.5, 0.6) is 0 Å². The van der Waals surface area contributed by atoms with E-state index in [0.29, 0.717) is 12.2 Å². The molecule has 0 fully saturated rings. The van der Waals surface area contributed by atoms with Crippen molar-refractivity contribution in [3.8, 4) is 0 Å². The molecule has 9 heteroatoms. The summed E-state index contributed by atoms with van der Waals surface area (Å²) in [6.45, 7) is 7.65. The highest BCUT2D eigenvalue weighted by molar-refractivity contribution is 9.10. The Morgan fingerprint density at radius 1 is 0.895 bits per heavy atom. The third-order valence-electron chi connectivity index (χ3n) is 6.19. The summed E-state index contributed by atoms with van der Waals surface area (Å²) in [5.74, 6) is -0.771. The molecule has 1 atom stereocenters. The standard InChI is InChI=1S/C29H34BrN3O4S/c1-5-18-31-29(35)23(4)32(19-24-10-6-21(2)7-11-24)28(34)20-33(26-14-12-25(30)13-15-26)38(36,37)27-16-8-22(3)9-17-27/h6-17,23H,5,18-20H2,1-4H3,(H,31,35)/t23-/m1/s1. The lowest BCUT2D eigenvalue weighted by Gasteiger charge is -2.32. The minimum absolute atomic E-state index is 0.0811. The van der Waals surface area contributed by atoms with Gasteiger partial charge >= 0.3 is 0 Å². The maximum absolute atomic E-state index is 13.8. The minimum Gasteiger partial charge on any atom is -0.354 e. The van der Waals surface area contributed by atoms with Crippen LogP contribution in [0.1, 0.15) is 37.0 Å². The van der Waals surface area contributed by atoms with Crippen LogP contribution in [-0.4, -0.2) is 44.3 Å². The molecule has 0 saturated carbocycles. The van der Waals surface area contributed by atoms with Gasteiger partial charge in [0.05, 0.1) is 10.6 Å². The number of halogens is 1. The van der Waals surface area contributed by atoms with Gasteiger partial charge in [0.2, 0.25) is 11.8 Å². The van der Waals surface area contributed by atoms with Gasteiger partial charge in [-0.1, -0.05) is 70.4 Å². The Balaban J connectivity index is 2.00. The van der Waals surface area contributed by atoms with Crippen LogP contribution < -0.4 is 9.62 Å².